The van der Waals surface area contributed by atoms with E-state index in [4.69, 9.17) is 0 Å². The molecule has 2 rings (SSSR count). The second-order valence-electron chi connectivity index (χ2n) is 3.41. The van der Waals surface area contributed by atoms with Crippen LogP contribution < -0.4 is 4.46 Å². The third kappa shape index (κ3) is 2.11. The van der Waals surface area contributed by atoms with Crippen LogP contribution in [0.2, 0.25) is 4.82 Å². The maximum atomic E-state index is 11.6. The van der Waals surface area contributed by atoms with Crippen LogP contribution in [0.1, 0.15) is 6.42 Å². The van der Waals surface area contributed by atoms with Gasteiger partial charge >= 0.3 is 94.3 Å². The Balaban J connectivity index is 2.09. The number of hydrogen-bond donors (Lipinski definition) is 0. The molecule has 4 heteroatoms. The molecule has 15 heavy (non-hydrogen) atoms. The summed E-state index contributed by atoms with van der Waals surface area (Å²) in [6, 6.07) is 9.89. The van der Waals surface area contributed by atoms with Crippen LogP contribution in [0.15, 0.2) is 30.3 Å². The number of amides is 2. The van der Waals surface area contributed by atoms with Crippen LogP contribution in [0.3, 0.4) is 0 Å². The van der Waals surface area contributed by atoms with Gasteiger partial charge in [0.25, 0.3) is 0 Å². The van der Waals surface area contributed by atoms with E-state index < -0.39 is 0 Å². The molecular weight excluding hydrogens is 257 g/mol. The van der Waals surface area contributed by atoms with Crippen molar-refractivity contribution in [1.82, 2.24) is 4.90 Å². The zero-order chi connectivity index (χ0) is 10.8. The number of likely N-dealkylation sites (tertiary alicyclic amines) is 1. The minimum absolute atomic E-state index is 0.0242. The number of rotatable bonds is 2. The second kappa shape index (κ2) is 4.17. The van der Waals surface area contributed by atoms with Crippen molar-refractivity contribution >= 4 is 31.2 Å². The average Bonchev–Trinajstić information content (AvgIpc) is 2.48. The first kappa shape index (κ1) is 10.4. The van der Waals surface area contributed by atoms with E-state index in [1.807, 2.05) is 30.3 Å². The predicted molar refractivity (Wildman–Crippen MR) is 58.0 cm³/mol. The Labute approximate surface area is 94.6 Å². The van der Waals surface area contributed by atoms with Crippen molar-refractivity contribution in [1.29, 1.82) is 0 Å². The van der Waals surface area contributed by atoms with Gasteiger partial charge in [0.1, 0.15) is 0 Å². The summed E-state index contributed by atoms with van der Waals surface area (Å²) in [5.41, 5.74) is 0. The van der Waals surface area contributed by atoms with Crippen LogP contribution in [-0.2, 0) is 9.59 Å². The topological polar surface area (TPSA) is 37.4 Å². The number of hydrogen-bond acceptors (Lipinski definition) is 2. The van der Waals surface area contributed by atoms with Crippen molar-refractivity contribution in [2.24, 2.45) is 0 Å². The second-order valence-corrected chi connectivity index (χ2v) is 6.09. The molecule has 1 aliphatic heterocycles. The van der Waals surface area contributed by atoms with E-state index >= 15 is 0 Å². The van der Waals surface area contributed by atoms with Gasteiger partial charge in [-0.05, 0) is 0 Å². The maximum absolute atomic E-state index is 11.6. The summed E-state index contributed by atoms with van der Waals surface area (Å²) >= 11 is 0.0682. The number of imide groups is 1. The summed E-state index contributed by atoms with van der Waals surface area (Å²) in [4.78, 5) is 24.1. The quantitative estimate of drug-likeness (QED) is 0.567. The van der Waals surface area contributed by atoms with E-state index in [1.54, 1.807) is 7.05 Å². The zero-order valence-corrected chi connectivity index (χ0v) is 10.1. The fraction of sp³-hybridized carbons (Fsp3) is 0.273. The summed E-state index contributed by atoms with van der Waals surface area (Å²) in [5.74, 6) is -0.0772. The minimum atomic E-state index is -0.0996. The number of carbonyl (C=O) groups excluding carboxylic acids is 2. The number of nitrogens with zero attached hydrogens (tertiary/aromatic N) is 1. The van der Waals surface area contributed by atoms with E-state index in [0.29, 0.717) is 6.42 Å². The zero-order valence-electron chi connectivity index (χ0n) is 8.34. The Morgan fingerprint density at radius 2 is 1.93 bits per heavy atom. The normalized spacial score (nSPS) is 21.1. The van der Waals surface area contributed by atoms with Gasteiger partial charge in [-0.2, -0.15) is 0 Å². The molecule has 1 aliphatic rings. The fourth-order valence-electron chi connectivity index (χ4n) is 1.48. The van der Waals surface area contributed by atoms with Crippen LogP contribution in [0.5, 0.6) is 0 Å². The average molecular weight is 268 g/mol. The van der Waals surface area contributed by atoms with Crippen LogP contribution in [0, 0.1) is 0 Å². The van der Waals surface area contributed by atoms with Gasteiger partial charge in [-0.3, -0.25) is 0 Å². The van der Waals surface area contributed by atoms with Crippen molar-refractivity contribution in [3.8, 4) is 0 Å². The van der Waals surface area contributed by atoms with E-state index in [0.717, 1.165) is 0 Å². The molecular formula is C11H11NO2Se. The Morgan fingerprint density at radius 3 is 2.47 bits per heavy atom. The van der Waals surface area contributed by atoms with Crippen LogP contribution >= 0.6 is 0 Å². The molecule has 1 saturated heterocycles. The van der Waals surface area contributed by atoms with Gasteiger partial charge in [-0.1, -0.05) is 0 Å². The van der Waals surface area contributed by atoms with E-state index in [-0.39, 0.29) is 31.6 Å². The van der Waals surface area contributed by atoms with Gasteiger partial charge in [-0.25, -0.2) is 0 Å². The van der Waals surface area contributed by atoms with Gasteiger partial charge in [0.05, 0.1) is 0 Å². The first-order chi connectivity index (χ1) is 7.18. The molecule has 1 atom stereocenters. The summed E-state index contributed by atoms with van der Waals surface area (Å²) in [6.45, 7) is 0. The van der Waals surface area contributed by atoms with Crippen LogP contribution in [0.4, 0.5) is 0 Å². The molecule has 1 fully saturated rings. The van der Waals surface area contributed by atoms with Gasteiger partial charge < -0.3 is 0 Å². The Hall–Kier alpha value is -1.12. The van der Waals surface area contributed by atoms with Gasteiger partial charge in [0.15, 0.2) is 0 Å². The van der Waals surface area contributed by atoms with E-state index in [2.05, 4.69) is 0 Å². The third-order valence-electron chi connectivity index (χ3n) is 2.36. The molecule has 1 aromatic carbocycles. The molecule has 2 amide bonds. The molecule has 0 saturated carbocycles. The molecule has 0 bridgehead atoms. The van der Waals surface area contributed by atoms with Crippen LogP contribution in [0.25, 0.3) is 0 Å². The summed E-state index contributed by atoms with van der Waals surface area (Å²) in [5, 5.41) is 0. The van der Waals surface area contributed by atoms with Crippen molar-refractivity contribution in [3.63, 3.8) is 0 Å². The van der Waals surface area contributed by atoms with Crippen LogP contribution in [-0.4, -0.2) is 38.7 Å². The molecule has 1 unspecified atom stereocenters. The van der Waals surface area contributed by atoms with Crippen molar-refractivity contribution in [2.45, 2.75) is 11.2 Å². The molecule has 0 radical (unpaired) electrons. The Kier molecular flexibility index (Phi) is 2.89. The summed E-state index contributed by atoms with van der Waals surface area (Å²) in [6.07, 6.45) is 0.379. The number of carbonyl (C=O) groups is 2. The molecule has 3 nitrogen and oxygen atoms in total. The molecule has 0 aliphatic carbocycles. The van der Waals surface area contributed by atoms with E-state index in [9.17, 15) is 9.59 Å². The van der Waals surface area contributed by atoms with Gasteiger partial charge in [0, 0.05) is 0 Å². The SMILES string of the molecule is CN1C(=O)CC([Se]c2ccccc2)C1=O. The molecule has 0 aromatic heterocycles. The first-order valence-corrected chi connectivity index (χ1v) is 6.55. The Morgan fingerprint density at radius 1 is 1.27 bits per heavy atom. The third-order valence-corrected chi connectivity index (χ3v) is 4.87. The Bertz CT molecular complexity index is 391. The molecule has 0 spiro atoms. The standard InChI is InChI=1S/C11H11NO2Se/c1-12-10(13)7-9(11(12)14)15-8-5-3-2-4-6-8/h2-6,9H,7H2,1H3. The molecule has 1 aromatic rings. The summed E-state index contributed by atoms with van der Waals surface area (Å²) < 4.78 is 1.17. The van der Waals surface area contributed by atoms with Crippen molar-refractivity contribution in [3.05, 3.63) is 30.3 Å². The molecule has 78 valence electrons. The van der Waals surface area contributed by atoms with E-state index in [1.165, 1.54) is 9.36 Å². The monoisotopic (exact) mass is 269 g/mol. The molecule has 1 heterocycles. The predicted octanol–water partition coefficient (Wildman–Crippen LogP) is 0.193. The van der Waals surface area contributed by atoms with Gasteiger partial charge in [0.2, 0.25) is 0 Å². The fourth-order valence-corrected chi connectivity index (χ4v) is 3.84. The first-order valence-electron chi connectivity index (χ1n) is 4.70. The molecule has 0 N–H and O–H groups in total. The van der Waals surface area contributed by atoms with Gasteiger partial charge in [-0.15, -0.1) is 0 Å². The summed E-state index contributed by atoms with van der Waals surface area (Å²) in [7, 11) is 1.56. The number of benzene rings is 1. The van der Waals surface area contributed by atoms with Crippen molar-refractivity contribution in [2.75, 3.05) is 7.05 Å². The van der Waals surface area contributed by atoms with Crippen molar-refractivity contribution < 1.29 is 9.59 Å².